The summed E-state index contributed by atoms with van der Waals surface area (Å²) in [7, 11) is 0. The lowest BCUT2D eigenvalue weighted by molar-refractivity contribution is -0.149. The predicted molar refractivity (Wildman–Crippen MR) is 71.1 cm³/mol. The van der Waals surface area contributed by atoms with E-state index in [1.807, 2.05) is 0 Å². The average molecular weight is 300 g/mol. The molecule has 0 spiro atoms. The second-order valence-electron chi connectivity index (χ2n) is 4.95. The van der Waals surface area contributed by atoms with Crippen LogP contribution in [-0.2, 0) is 23.9 Å². The van der Waals surface area contributed by atoms with Crippen LogP contribution >= 0.6 is 0 Å². The number of carboxylic acid groups (broad SMARTS) is 1. The van der Waals surface area contributed by atoms with Gasteiger partial charge in [0.2, 0.25) is 11.8 Å². The van der Waals surface area contributed by atoms with E-state index in [0.29, 0.717) is 6.42 Å². The Morgan fingerprint density at radius 3 is 2.62 bits per heavy atom. The van der Waals surface area contributed by atoms with Crippen LogP contribution in [0.15, 0.2) is 0 Å². The Morgan fingerprint density at radius 1 is 1.48 bits per heavy atom. The summed E-state index contributed by atoms with van der Waals surface area (Å²) < 4.78 is 4.80. The summed E-state index contributed by atoms with van der Waals surface area (Å²) in [6, 6.07) is -1.91. The topological polar surface area (TPSA) is 122 Å². The van der Waals surface area contributed by atoms with Crippen LogP contribution in [0, 0.1) is 5.92 Å². The minimum Gasteiger partial charge on any atom is -0.480 e. The van der Waals surface area contributed by atoms with Crippen molar-refractivity contribution in [2.45, 2.75) is 45.2 Å². The minimum absolute atomic E-state index is 0.0689. The molecule has 8 nitrogen and oxygen atoms in total. The van der Waals surface area contributed by atoms with E-state index in [4.69, 9.17) is 9.84 Å². The first-order valence-corrected chi connectivity index (χ1v) is 6.84. The van der Waals surface area contributed by atoms with Crippen LogP contribution in [0.25, 0.3) is 0 Å². The van der Waals surface area contributed by atoms with Crippen LogP contribution < -0.4 is 10.6 Å². The lowest BCUT2D eigenvalue weighted by atomic mass is 10.0. The van der Waals surface area contributed by atoms with E-state index in [2.05, 4.69) is 10.6 Å². The van der Waals surface area contributed by atoms with Crippen molar-refractivity contribution in [3.8, 4) is 0 Å². The molecule has 0 saturated carbocycles. The van der Waals surface area contributed by atoms with Gasteiger partial charge in [-0.25, -0.2) is 4.79 Å². The quantitative estimate of drug-likeness (QED) is 0.541. The van der Waals surface area contributed by atoms with Gasteiger partial charge >= 0.3 is 11.9 Å². The third kappa shape index (κ3) is 5.05. The predicted octanol–water partition coefficient (Wildman–Crippen LogP) is -0.576. The fraction of sp³-hybridized carbons (Fsp3) is 0.692. The van der Waals surface area contributed by atoms with E-state index in [-0.39, 0.29) is 25.4 Å². The van der Waals surface area contributed by atoms with Crippen molar-refractivity contribution in [3.63, 3.8) is 0 Å². The highest BCUT2D eigenvalue weighted by atomic mass is 16.5. The first kappa shape index (κ1) is 16.9. The molecule has 3 N–H and O–H groups in total. The van der Waals surface area contributed by atoms with E-state index in [0.717, 1.165) is 0 Å². The Labute approximate surface area is 122 Å². The molecule has 1 rings (SSSR count). The highest BCUT2D eigenvalue weighted by Crippen LogP contribution is 2.11. The molecule has 0 aromatic heterocycles. The molecule has 2 amide bonds. The summed E-state index contributed by atoms with van der Waals surface area (Å²) in [5.74, 6) is -3.17. The van der Waals surface area contributed by atoms with Crippen molar-refractivity contribution < 1.29 is 29.0 Å². The molecule has 1 aliphatic rings. The maximum atomic E-state index is 11.9. The molecule has 8 heteroatoms. The second-order valence-corrected chi connectivity index (χ2v) is 4.95. The number of hydrogen-bond acceptors (Lipinski definition) is 5. The van der Waals surface area contributed by atoms with Gasteiger partial charge in [0, 0.05) is 6.42 Å². The van der Waals surface area contributed by atoms with Gasteiger partial charge in [0.1, 0.15) is 12.1 Å². The van der Waals surface area contributed by atoms with Crippen molar-refractivity contribution in [1.29, 1.82) is 0 Å². The monoisotopic (exact) mass is 300 g/mol. The smallest absolute Gasteiger partial charge is 0.326 e. The summed E-state index contributed by atoms with van der Waals surface area (Å²) in [5.41, 5.74) is 0. The van der Waals surface area contributed by atoms with Crippen molar-refractivity contribution in [1.82, 2.24) is 10.6 Å². The maximum Gasteiger partial charge on any atom is 0.326 e. The Bertz CT molecular complexity index is 436. The van der Waals surface area contributed by atoms with Crippen molar-refractivity contribution in [3.05, 3.63) is 0 Å². The first-order chi connectivity index (χ1) is 9.85. The summed E-state index contributed by atoms with van der Waals surface area (Å²) in [6.45, 7) is 3.41. The molecule has 3 atom stereocenters. The number of carbonyl (C=O) groups is 4. The average Bonchev–Trinajstić information content (AvgIpc) is 2.84. The minimum atomic E-state index is -1.23. The number of ether oxygens (including phenoxy) is 1. The molecule has 0 aliphatic carbocycles. The Kier molecular flexibility index (Phi) is 6.13. The van der Waals surface area contributed by atoms with Crippen LogP contribution in [0.1, 0.15) is 33.1 Å². The number of aliphatic carboxylic acids is 1. The molecule has 118 valence electrons. The molecular formula is C13H20N2O6. The van der Waals surface area contributed by atoms with Crippen molar-refractivity contribution >= 4 is 23.8 Å². The van der Waals surface area contributed by atoms with Gasteiger partial charge in [-0.3, -0.25) is 14.4 Å². The third-order valence-electron chi connectivity index (χ3n) is 3.20. The lowest BCUT2D eigenvalue weighted by Crippen LogP contribution is -2.49. The Morgan fingerprint density at radius 2 is 2.14 bits per heavy atom. The largest absolute Gasteiger partial charge is 0.480 e. The van der Waals surface area contributed by atoms with Gasteiger partial charge in [-0.1, -0.05) is 6.92 Å². The number of nitrogens with one attached hydrogen (secondary N) is 2. The summed E-state index contributed by atoms with van der Waals surface area (Å²) in [6.07, 6.45) is 0.514. The SMILES string of the molecule is CCOC(=O)[C@H](C)C[C@@H](NC(=O)[C@H]1CCC(=O)N1)C(=O)O. The molecule has 1 saturated heterocycles. The number of esters is 1. The van der Waals surface area contributed by atoms with Crippen LogP contribution in [-0.4, -0.2) is 47.6 Å². The Balaban J connectivity index is 2.57. The van der Waals surface area contributed by atoms with Crippen LogP contribution in [0.4, 0.5) is 0 Å². The maximum absolute atomic E-state index is 11.9. The number of amides is 2. The molecule has 0 aromatic carbocycles. The van der Waals surface area contributed by atoms with Gasteiger partial charge in [-0.2, -0.15) is 0 Å². The van der Waals surface area contributed by atoms with Crippen LogP contribution in [0.2, 0.25) is 0 Å². The van der Waals surface area contributed by atoms with Gasteiger partial charge in [0.05, 0.1) is 12.5 Å². The fourth-order valence-corrected chi connectivity index (χ4v) is 2.04. The molecule has 1 heterocycles. The number of rotatable bonds is 7. The number of carbonyl (C=O) groups excluding carboxylic acids is 3. The highest BCUT2D eigenvalue weighted by Gasteiger charge is 2.32. The highest BCUT2D eigenvalue weighted by molar-refractivity contribution is 5.92. The fourth-order valence-electron chi connectivity index (χ4n) is 2.04. The van der Waals surface area contributed by atoms with Crippen LogP contribution in [0.3, 0.4) is 0 Å². The number of carboxylic acids is 1. The van der Waals surface area contributed by atoms with Crippen LogP contribution in [0.5, 0.6) is 0 Å². The Hall–Kier alpha value is -2.12. The molecule has 0 aromatic rings. The summed E-state index contributed by atoms with van der Waals surface area (Å²) in [5, 5.41) is 13.9. The molecule has 0 bridgehead atoms. The molecule has 0 unspecified atom stereocenters. The molecular weight excluding hydrogens is 280 g/mol. The molecule has 1 aliphatic heterocycles. The van der Waals surface area contributed by atoms with E-state index < -0.39 is 35.8 Å². The van der Waals surface area contributed by atoms with Crippen molar-refractivity contribution in [2.75, 3.05) is 6.61 Å². The molecule has 1 fully saturated rings. The normalized spacial score (nSPS) is 20.3. The summed E-state index contributed by atoms with van der Waals surface area (Å²) in [4.78, 5) is 45.6. The number of hydrogen-bond donors (Lipinski definition) is 3. The standard InChI is InChI=1S/C13H20N2O6/c1-3-21-13(20)7(2)6-9(12(18)19)15-11(17)8-4-5-10(16)14-8/h7-9H,3-6H2,1-2H3,(H,14,16)(H,15,17)(H,18,19)/t7-,8-,9-/m1/s1. The summed E-state index contributed by atoms with van der Waals surface area (Å²) >= 11 is 0. The first-order valence-electron chi connectivity index (χ1n) is 6.84. The zero-order chi connectivity index (χ0) is 16.0. The van der Waals surface area contributed by atoms with Gasteiger partial charge in [0.15, 0.2) is 0 Å². The lowest BCUT2D eigenvalue weighted by Gasteiger charge is -2.19. The zero-order valence-corrected chi connectivity index (χ0v) is 12.0. The van der Waals surface area contributed by atoms with Gasteiger partial charge in [-0.05, 0) is 19.8 Å². The zero-order valence-electron chi connectivity index (χ0n) is 12.0. The second kappa shape index (κ2) is 7.61. The van der Waals surface area contributed by atoms with E-state index >= 15 is 0 Å². The van der Waals surface area contributed by atoms with Crippen molar-refractivity contribution in [2.24, 2.45) is 5.92 Å². The third-order valence-corrected chi connectivity index (χ3v) is 3.20. The van der Waals surface area contributed by atoms with Gasteiger partial charge in [0.25, 0.3) is 0 Å². The van der Waals surface area contributed by atoms with Gasteiger partial charge in [-0.15, -0.1) is 0 Å². The van der Waals surface area contributed by atoms with Gasteiger partial charge < -0.3 is 20.5 Å². The molecule has 0 radical (unpaired) electrons. The van der Waals surface area contributed by atoms with E-state index in [9.17, 15) is 19.2 Å². The van der Waals surface area contributed by atoms with E-state index in [1.165, 1.54) is 6.92 Å². The molecule has 21 heavy (non-hydrogen) atoms. The van der Waals surface area contributed by atoms with E-state index in [1.54, 1.807) is 6.92 Å².